The first-order chi connectivity index (χ1) is 8.06. The highest BCUT2D eigenvalue weighted by Crippen LogP contribution is 2.31. The monoisotopic (exact) mass is 289 g/mol. The molecule has 7 heteroatoms. The summed E-state index contributed by atoms with van der Waals surface area (Å²) in [4.78, 5) is 3.82. The van der Waals surface area contributed by atoms with Crippen molar-refractivity contribution in [1.82, 2.24) is 15.2 Å². The van der Waals surface area contributed by atoms with E-state index >= 15 is 0 Å². The Balaban J connectivity index is 2.37. The van der Waals surface area contributed by atoms with Gasteiger partial charge in [-0.2, -0.15) is 4.98 Å². The Morgan fingerprint density at radius 3 is 2.65 bits per heavy atom. The van der Waals surface area contributed by atoms with Crippen LogP contribution in [0.3, 0.4) is 0 Å². The van der Waals surface area contributed by atoms with Gasteiger partial charge in [-0.25, -0.2) is 0 Å². The predicted molar refractivity (Wildman–Crippen MR) is 66.1 cm³/mol. The molecule has 0 aliphatic carbocycles. The molecule has 0 saturated carbocycles. The van der Waals surface area contributed by atoms with Gasteiger partial charge in [-0.05, 0) is 36.2 Å². The van der Waals surface area contributed by atoms with Crippen molar-refractivity contribution in [2.45, 2.75) is 6.92 Å². The van der Waals surface area contributed by atoms with Crippen molar-refractivity contribution >= 4 is 34.8 Å². The van der Waals surface area contributed by atoms with Crippen molar-refractivity contribution in [3.63, 3.8) is 0 Å². The molecule has 0 amide bonds. The van der Waals surface area contributed by atoms with Gasteiger partial charge in [-0.3, -0.25) is 0 Å². The Bertz CT molecular complexity index is 513. The van der Waals surface area contributed by atoms with Gasteiger partial charge in [0.05, 0.1) is 5.02 Å². The summed E-state index contributed by atoms with van der Waals surface area (Å²) in [7, 11) is 0. The van der Waals surface area contributed by atoms with Crippen LogP contribution in [0, 0.1) is 6.92 Å². The third-order valence-corrected chi connectivity index (χ3v) is 2.59. The first-order valence-electron chi connectivity index (χ1n) is 4.56. The molecule has 0 bridgehead atoms. The van der Waals surface area contributed by atoms with Crippen LogP contribution in [-0.4, -0.2) is 15.2 Å². The van der Waals surface area contributed by atoms with Gasteiger partial charge in [0.15, 0.2) is 0 Å². The molecule has 0 aliphatic rings. The summed E-state index contributed by atoms with van der Waals surface area (Å²) in [6.07, 6.45) is 0. The van der Waals surface area contributed by atoms with Gasteiger partial charge in [0.1, 0.15) is 5.75 Å². The summed E-state index contributed by atoms with van der Waals surface area (Å²) in [6.45, 7) is 1.91. The fourth-order valence-electron chi connectivity index (χ4n) is 1.14. The quantitative estimate of drug-likeness (QED) is 0.840. The van der Waals surface area contributed by atoms with Gasteiger partial charge in [-0.15, -0.1) is 10.2 Å². The van der Waals surface area contributed by atoms with Crippen LogP contribution in [0.1, 0.15) is 5.56 Å². The lowest BCUT2D eigenvalue weighted by Crippen LogP contribution is -1.95. The molecule has 0 fully saturated rings. The van der Waals surface area contributed by atoms with E-state index in [0.717, 1.165) is 5.56 Å². The van der Waals surface area contributed by atoms with E-state index in [1.54, 1.807) is 12.1 Å². The van der Waals surface area contributed by atoms with E-state index in [2.05, 4.69) is 15.2 Å². The molecule has 1 heterocycles. The van der Waals surface area contributed by atoms with Gasteiger partial charge >= 0.3 is 0 Å². The van der Waals surface area contributed by atoms with E-state index < -0.39 is 0 Å². The number of halogens is 3. The Kier molecular flexibility index (Phi) is 3.66. The minimum Gasteiger partial charge on any atom is -0.435 e. The van der Waals surface area contributed by atoms with Crippen LogP contribution >= 0.6 is 34.8 Å². The van der Waals surface area contributed by atoms with Crippen LogP contribution in [0.5, 0.6) is 11.6 Å². The first kappa shape index (κ1) is 12.4. The summed E-state index contributed by atoms with van der Waals surface area (Å²) in [5, 5.41) is 7.48. The van der Waals surface area contributed by atoms with Crippen LogP contribution in [0.15, 0.2) is 18.2 Å². The second-order valence-corrected chi connectivity index (χ2v) is 4.32. The van der Waals surface area contributed by atoms with E-state index in [-0.39, 0.29) is 16.3 Å². The molecule has 0 radical (unpaired) electrons. The highest BCUT2D eigenvalue weighted by Gasteiger charge is 2.11. The second-order valence-electron chi connectivity index (χ2n) is 3.21. The van der Waals surface area contributed by atoms with Crippen molar-refractivity contribution in [3.05, 3.63) is 39.2 Å². The number of nitrogens with zero attached hydrogens (tertiary/aromatic N) is 3. The standard InChI is InChI=1S/C10H6Cl3N3O/c1-5-2-3-6(11)7(4-5)17-9-8(12)15-16-10(13)14-9/h2-4H,1H3. The molecule has 1 aromatic heterocycles. The predicted octanol–water partition coefficient (Wildman–Crippen LogP) is 3.93. The molecular weight excluding hydrogens is 284 g/mol. The average Bonchev–Trinajstić information content (AvgIpc) is 2.28. The molecule has 0 unspecified atom stereocenters. The number of hydrogen-bond acceptors (Lipinski definition) is 4. The number of aromatic nitrogens is 3. The second kappa shape index (κ2) is 5.04. The van der Waals surface area contributed by atoms with Crippen molar-refractivity contribution in [2.75, 3.05) is 0 Å². The Morgan fingerprint density at radius 2 is 1.88 bits per heavy atom. The first-order valence-corrected chi connectivity index (χ1v) is 5.69. The molecule has 0 N–H and O–H groups in total. The Morgan fingerprint density at radius 1 is 1.12 bits per heavy atom. The van der Waals surface area contributed by atoms with E-state index in [4.69, 9.17) is 39.5 Å². The maximum absolute atomic E-state index is 5.97. The highest BCUT2D eigenvalue weighted by atomic mass is 35.5. The van der Waals surface area contributed by atoms with Gasteiger partial charge in [-0.1, -0.05) is 29.3 Å². The lowest BCUT2D eigenvalue weighted by molar-refractivity contribution is 0.457. The zero-order chi connectivity index (χ0) is 12.4. The molecule has 1 aromatic carbocycles. The number of ether oxygens (including phenoxy) is 1. The molecule has 0 aliphatic heterocycles. The lowest BCUT2D eigenvalue weighted by Gasteiger charge is -2.07. The minimum atomic E-state index is -0.0480. The van der Waals surface area contributed by atoms with Crippen LogP contribution in [0.25, 0.3) is 0 Å². The maximum atomic E-state index is 5.97. The van der Waals surface area contributed by atoms with Crippen LogP contribution < -0.4 is 4.74 Å². The fourth-order valence-corrected chi connectivity index (χ4v) is 1.53. The maximum Gasteiger partial charge on any atom is 0.262 e. The molecule has 2 rings (SSSR count). The molecular formula is C10H6Cl3N3O. The van der Waals surface area contributed by atoms with Crippen molar-refractivity contribution < 1.29 is 4.74 Å². The van der Waals surface area contributed by atoms with E-state index in [1.165, 1.54) is 0 Å². The largest absolute Gasteiger partial charge is 0.435 e. The summed E-state index contributed by atoms with van der Waals surface area (Å²) in [5.74, 6) is 0.504. The highest BCUT2D eigenvalue weighted by molar-refractivity contribution is 6.32. The van der Waals surface area contributed by atoms with E-state index in [9.17, 15) is 0 Å². The number of hydrogen-bond donors (Lipinski definition) is 0. The molecule has 88 valence electrons. The number of rotatable bonds is 2. The zero-order valence-electron chi connectivity index (χ0n) is 8.62. The van der Waals surface area contributed by atoms with Crippen molar-refractivity contribution in [2.24, 2.45) is 0 Å². The zero-order valence-corrected chi connectivity index (χ0v) is 10.9. The third-order valence-electron chi connectivity index (χ3n) is 1.88. The number of benzene rings is 1. The molecule has 0 saturated heterocycles. The minimum absolute atomic E-state index is 0.0203. The van der Waals surface area contributed by atoms with E-state index in [0.29, 0.717) is 10.8 Å². The SMILES string of the molecule is Cc1ccc(Cl)c(Oc2nc(Cl)nnc2Cl)c1. The normalized spacial score (nSPS) is 10.4. The molecule has 0 spiro atoms. The Labute approximate surface area is 113 Å². The van der Waals surface area contributed by atoms with Crippen molar-refractivity contribution in [3.8, 4) is 11.6 Å². The van der Waals surface area contributed by atoms with Gasteiger partial charge in [0.25, 0.3) is 5.88 Å². The average molecular weight is 291 g/mol. The van der Waals surface area contributed by atoms with E-state index in [1.807, 2.05) is 13.0 Å². The molecule has 4 nitrogen and oxygen atoms in total. The molecule has 17 heavy (non-hydrogen) atoms. The van der Waals surface area contributed by atoms with Crippen LogP contribution in [0.4, 0.5) is 0 Å². The summed E-state index contributed by atoms with van der Waals surface area (Å²) < 4.78 is 5.44. The van der Waals surface area contributed by atoms with Gasteiger partial charge in [0.2, 0.25) is 10.4 Å². The third kappa shape index (κ3) is 2.97. The van der Waals surface area contributed by atoms with Crippen LogP contribution in [0.2, 0.25) is 15.5 Å². The van der Waals surface area contributed by atoms with Gasteiger partial charge in [0, 0.05) is 0 Å². The van der Waals surface area contributed by atoms with Crippen LogP contribution in [-0.2, 0) is 0 Å². The summed E-state index contributed by atoms with van der Waals surface area (Å²) in [6, 6.07) is 5.34. The molecule has 0 atom stereocenters. The molecule has 2 aromatic rings. The summed E-state index contributed by atoms with van der Waals surface area (Å²) >= 11 is 17.3. The lowest BCUT2D eigenvalue weighted by atomic mass is 10.2. The summed E-state index contributed by atoms with van der Waals surface area (Å²) in [5.41, 5.74) is 0.994. The fraction of sp³-hybridized carbons (Fsp3) is 0.100. The number of aryl methyl sites for hydroxylation is 1. The topological polar surface area (TPSA) is 47.9 Å². The van der Waals surface area contributed by atoms with Crippen molar-refractivity contribution in [1.29, 1.82) is 0 Å². The smallest absolute Gasteiger partial charge is 0.262 e. The van der Waals surface area contributed by atoms with Gasteiger partial charge < -0.3 is 4.74 Å². The Hall–Kier alpha value is -1.10.